The highest BCUT2D eigenvalue weighted by atomic mass is 16.8. The largest absolute Gasteiger partial charge is 0.413 e. The summed E-state index contributed by atoms with van der Waals surface area (Å²) in [6.07, 6.45) is 4.04. The van der Waals surface area contributed by atoms with E-state index in [1.165, 1.54) is 0 Å². The normalized spacial score (nSPS) is 40.8. The fourth-order valence-electron chi connectivity index (χ4n) is 4.76. The van der Waals surface area contributed by atoms with Crippen LogP contribution in [-0.2, 0) is 19.1 Å². The van der Waals surface area contributed by atoms with Crippen LogP contribution in [0.15, 0.2) is 25.3 Å². The van der Waals surface area contributed by atoms with Crippen molar-refractivity contribution in [3.05, 3.63) is 25.3 Å². The molecule has 0 unspecified atom stereocenters. The number of aliphatic hydroxyl groups is 2. The van der Waals surface area contributed by atoms with Gasteiger partial charge in [0, 0.05) is 12.2 Å². The third-order valence-corrected chi connectivity index (χ3v) is 5.22. The summed E-state index contributed by atoms with van der Waals surface area (Å²) in [4.78, 5) is 23.6. The van der Waals surface area contributed by atoms with Crippen LogP contribution in [0.2, 0.25) is 0 Å². The molecule has 0 atom stereocenters. The van der Waals surface area contributed by atoms with Crippen LogP contribution < -0.4 is 0 Å². The van der Waals surface area contributed by atoms with Gasteiger partial charge in [-0.1, -0.05) is 13.2 Å². The fourth-order valence-corrected chi connectivity index (χ4v) is 4.76. The zero-order valence-corrected chi connectivity index (χ0v) is 12.3. The van der Waals surface area contributed by atoms with Gasteiger partial charge in [-0.25, -0.2) is 9.59 Å². The van der Waals surface area contributed by atoms with Gasteiger partial charge in [0.1, 0.15) is 11.2 Å². The maximum absolute atomic E-state index is 11.8. The van der Waals surface area contributed by atoms with Gasteiger partial charge in [0.15, 0.2) is 0 Å². The number of hydrogen-bond acceptors (Lipinski definition) is 6. The smallest absolute Gasteiger partial charge is 0.333 e. The Morgan fingerprint density at radius 3 is 1.59 bits per heavy atom. The van der Waals surface area contributed by atoms with Gasteiger partial charge in [0.25, 0.3) is 0 Å². The minimum Gasteiger partial charge on any atom is -0.413 e. The summed E-state index contributed by atoms with van der Waals surface area (Å²) < 4.78 is 10.6. The van der Waals surface area contributed by atoms with E-state index in [4.69, 9.17) is 9.47 Å². The van der Waals surface area contributed by atoms with Crippen LogP contribution in [0.4, 0.5) is 0 Å². The summed E-state index contributed by atoms with van der Waals surface area (Å²) in [5, 5.41) is 22.2. The quantitative estimate of drug-likeness (QED) is 0.454. The van der Waals surface area contributed by atoms with Gasteiger partial charge in [-0.15, -0.1) is 0 Å². The summed E-state index contributed by atoms with van der Waals surface area (Å²) in [7, 11) is 0. The molecule has 0 aromatic heterocycles. The van der Waals surface area contributed by atoms with Crippen molar-refractivity contribution in [2.45, 2.75) is 49.1 Å². The molecule has 120 valence electrons. The Morgan fingerprint density at radius 2 is 1.27 bits per heavy atom. The second kappa shape index (κ2) is 4.67. The Bertz CT molecular complexity index is 491. The van der Waals surface area contributed by atoms with Crippen LogP contribution in [0.5, 0.6) is 0 Å². The highest BCUT2D eigenvalue weighted by Gasteiger charge is 2.77. The molecule has 0 saturated heterocycles. The van der Waals surface area contributed by atoms with Gasteiger partial charge < -0.3 is 19.7 Å². The highest BCUT2D eigenvalue weighted by molar-refractivity contribution is 5.84. The first-order valence-electron chi connectivity index (χ1n) is 7.43. The van der Waals surface area contributed by atoms with Crippen LogP contribution in [0, 0.1) is 11.8 Å². The molecule has 0 aliphatic heterocycles. The van der Waals surface area contributed by atoms with Crippen LogP contribution in [-0.4, -0.2) is 39.1 Å². The lowest BCUT2D eigenvalue weighted by atomic mass is 9.49. The monoisotopic (exact) mass is 308 g/mol. The Balaban J connectivity index is 2.09. The predicted octanol–water partition coefficient (Wildman–Crippen LogP) is 0.827. The first-order valence-corrected chi connectivity index (χ1v) is 7.43. The van der Waals surface area contributed by atoms with E-state index in [0.29, 0.717) is 25.7 Å². The number of rotatable bonds is 4. The van der Waals surface area contributed by atoms with E-state index in [9.17, 15) is 19.8 Å². The van der Waals surface area contributed by atoms with Crippen LogP contribution in [0.3, 0.4) is 0 Å². The van der Waals surface area contributed by atoms with Gasteiger partial charge in [-0.2, -0.15) is 0 Å². The molecule has 0 amide bonds. The SMILES string of the molecule is C=CC(=O)OC1(OC(=O)C=C)C2(O)CC3CC(C2)CC1(O)C3. The minimum atomic E-state index is -2.11. The molecule has 6 heteroatoms. The first kappa shape index (κ1) is 15.2. The molecule has 6 nitrogen and oxygen atoms in total. The van der Waals surface area contributed by atoms with Crippen LogP contribution in [0.25, 0.3) is 0 Å². The molecule has 0 aromatic carbocycles. The van der Waals surface area contributed by atoms with E-state index in [1.807, 2.05) is 0 Å². The summed E-state index contributed by atoms with van der Waals surface area (Å²) in [6, 6.07) is 0. The van der Waals surface area contributed by atoms with E-state index < -0.39 is 28.9 Å². The average Bonchev–Trinajstić information content (AvgIpc) is 2.42. The average molecular weight is 308 g/mol. The zero-order valence-electron chi connectivity index (χ0n) is 12.3. The molecule has 0 spiro atoms. The molecule has 0 aromatic rings. The minimum absolute atomic E-state index is 0.125. The zero-order chi connectivity index (χ0) is 16.2. The van der Waals surface area contributed by atoms with E-state index in [0.717, 1.165) is 18.6 Å². The van der Waals surface area contributed by atoms with Crippen LogP contribution >= 0.6 is 0 Å². The second-order valence-corrected chi connectivity index (χ2v) is 6.71. The lowest BCUT2D eigenvalue weighted by molar-refractivity contribution is -0.405. The number of carbonyl (C=O) groups excluding carboxylic acids is 2. The molecule has 0 radical (unpaired) electrons. The van der Waals surface area contributed by atoms with Crippen molar-refractivity contribution in [2.75, 3.05) is 0 Å². The van der Waals surface area contributed by atoms with Gasteiger partial charge in [-0.3, -0.25) is 0 Å². The third-order valence-electron chi connectivity index (χ3n) is 5.22. The molecule has 2 N–H and O–H groups in total. The van der Waals surface area contributed by atoms with E-state index >= 15 is 0 Å². The lowest BCUT2D eigenvalue weighted by Gasteiger charge is -2.65. The Kier molecular flexibility index (Phi) is 3.23. The summed E-state index contributed by atoms with van der Waals surface area (Å²) in [5.74, 6) is -3.57. The highest BCUT2D eigenvalue weighted by Crippen LogP contribution is 2.63. The molecular weight excluding hydrogens is 288 g/mol. The Hall–Kier alpha value is -1.66. The third kappa shape index (κ3) is 1.87. The maximum Gasteiger partial charge on any atom is 0.333 e. The van der Waals surface area contributed by atoms with E-state index in [2.05, 4.69) is 13.2 Å². The molecule has 4 rings (SSSR count). The van der Waals surface area contributed by atoms with Crippen molar-refractivity contribution in [3.8, 4) is 0 Å². The second-order valence-electron chi connectivity index (χ2n) is 6.71. The molecule has 0 heterocycles. The first-order chi connectivity index (χ1) is 10.3. The van der Waals surface area contributed by atoms with Crippen molar-refractivity contribution in [3.63, 3.8) is 0 Å². The van der Waals surface area contributed by atoms with E-state index in [1.54, 1.807) is 0 Å². The number of carbonyl (C=O) groups is 2. The van der Waals surface area contributed by atoms with Crippen molar-refractivity contribution in [1.29, 1.82) is 0 Å². The Morgan fingerprint density at radius 1 is 0.909 bits per heavy atom. The number of esters is 2. The summed E-state index contributed by atoms with van der Waals surface area (Å²) in [6.45, 7) is 6.64. The molecular formula is C16H20O6. The van der Waals surface area contributed by atoms with Crippen molar-refractivity contribution < 1.29 is 29.3 Å². The molecule has 4 aliphatic rings. The molecule has 4 fully saturated rings. The predicted molar refractivity (Wildman–Crippen MR) is 75.3 cm³/mol. The maximum atomic E-state index is 11.8. The van der Waals surface area contributed by atoms with Gasteiger partial charge >= 0.3 is 17.7 Å². The molecule has 22 heavy (non-hydrogen) atoms. The van der Waals surface area contributed by atoms with Crippen molar-refractivity contribution >= 4 is 11.9 Å². The van der Waals surface area contributed by atoms with Crippen LogP contribution in [0.1, 0.15) is 32.1 Å². The summed E-state index contributed by atoms with van der Waals surface area (Å²) in [5.41, 5.74) is -3.19. The topological polar surface area (TPSA) is 93.1 Å². The Labute approximate surface area is 128 Å². The number of ether oxygens (including phenoxy) is 2. The van der Waals surface area contributed by atoms with Crippen molar-refractivity contribution in [2.24, 2.45) is 11.8 Å². The standard InChI is InChI=1S/C16H20O6/c1-3-12(17)21-16(22-13(18)4-2)14(19)6-10-5-11(8-14)9-15(16,20)7-10/h3-4,10-11,19-20H,1-2,5-9H2. The number of hydrogen-bond donors (Lipinski definition) is 2. The van der Waals surface area contributed by atoms with Crippen molar-refractivity contribution in [1.82, 2.24) is 0 Å². The van der Waals surface area contributed by atoms with Gasteiger partial charge in [-0.05, 0) is 43.9 Å². The molecule has 4 aliphatic carbocycles. The molecule has 4 saturated carbocycles. The summed E-state index contributed by atoms with van der Waals surface area (Å²) >= 11 is 0. The fraction of sp³-hybridized carbons (Fsp3) is 0.625. The van der Waals surface area contributed by atoms with Gasteiger partial charge in [0.05, 0.1) is 0 Å². The van der Waals surface area contributed by atoms with E-state index in [-0.39, 0.29) is 11.8 Å². The van der Waals surface area contributed by atoms with Gasteiger partial charge in [0.2, 0.25) is 0 Å². The molecule has 4 bridgehead atoms. The lowest BCUT2D eigenvalue weighted by Crippen LogP contribution is -2.79.